The average Bonchev–Trinajstić information content (AvgIpc) is 2.96. The Morgan fingerprint density at radius 2 is 2.10 bits per heavy atom. The van der Waals surface area contributed by atoms with Crippen molar-refractivity contribution >= 4 is 11.9 Å². The number of para-hydroxylation sites is 1. The summed E-state index contributed by atoms with van der Waals surface area (Å²) in [5.41, 5.74) is 0.390. The number of carbonyl (C=O) groups is 2. The molecule has 21 heavy (non-hydrogen) atoms. The van der Waals surface area contributed by atoms with Crippen molar-refractivity contribution in [3.05, 3.63) is 29.8 Å². The lowest BCUT2D eigenvalue weighted by molar-refractivity contribution is -0.142. The van der Waals surface area contributed by atoms with Gasteiger partial charge in [0.1, 0.15) is 23.5 Å². The molecule has 6 nitrogen and oxygen atoms in total. The molecule has 0 spiro atoms. The second-order valence-electron chi connectivity index (χ2n) is 4.68. The topological polar surface area (TPSA) is 73.9 Å². The van der Waals surface area contributed by atoms with E-state index in [0.29, 0.717) is 30.9 Å². The van der Waals surface area contributed by atoms with Gasteiger partial charge in [-0.3, -0.25) is 4.79 Å². The van der Waals surface area contributed by atoms with Gasteiger partial charge in [-0.15, -0.1) is 0 Å². The van der Waals surface area contributed by atoms with E-state index in [2.05, 4.69) is 5.32 Å². The van der Waals surface area contributed by atoms with Crippen molar-refractivity contribution in [3.8, 4) is 5.75 Å². The molecule has 2 atom stereocenters. The standard InChI is InChI=1S/C15H19NO5/c1-3-20-14(17)11-6-4-5-7-13(11)21-10-8-12(16-9-10)15(18)19-2/h4-7,10,12,16H,3,8-9H2,1-2H3/t10-,12-/m0/s1. The summed E-state index contributed by atoms with van der Waals surface area (Å²) in [5.74, 6) is -0.253. The van der Waals surface area contributed by atoms with Crippen LogP contribution < -0.4 is 10.1 Å². The first-order chi connectivity index (χ1) is 10.2. The minimum absolute atomic E-state index is 0.190. The molecule has 1 fully saturated rings. The van der Waals surface area contributed by atoms with Crippen molar-refractivity contribution < 1.29 is 23.8 Å². The van der Waals surface area contributed by atoms with Gasteiger partial charge in [0, 0.05) is 13.0 Å². The molecule has 0 bridgehead atoms. The van der Waals surface area contributed by atoms with Gasteiger partial charge in [-0.1, -0.05) is 12.1 Å². The molecule has 114 valence electrons. The first-order valence-electron chi connectivity index (χ1n) is 6.89. The SMILES string of the molecule is CCOC(=O)c1ccccc1O[C@@H]1CN[C@H](C(=O)OC)C1. The highest BCUT2D eigenvalue weighted by Crippen LogP contribution is 2.23. The van der Waals surface area contributed by atoms with Gasteiger partial charge in [-0.25, -0.2) is 4.79 Å². The highest BCUT2D eigenvalue weighted by Gasteiger charge is 2.32. The van der Waals surface area contributed by atoms with Gasteiger partial charge >= 0.3 is 11.9 Å². The number of nitrogens with one attached hydrogen (secondary N) is 1. The number of ether oxygens (including phenoxy) is 3. The van der Waals surface area contributed by atoms with E-state index in [1.165, 1.54) is 7.11 Å². The lowest BCUT2D eigenvalue weighted by atomic mass is 10.2. The van der Waals surface area contributed by atoms with Crippen LogP contribution in [-0.2, 0) is 14.3 Å². The van der Waals surface area contributed by atoms with E-state index >= 15 is 0 Å². The Hall–Kier alpha value is -2.08. The smallest absolute Gasteiger partial charge is 0.341 e. The van der Waals surface area contributed by atoms with Gasteiger partial charge in [-0.05, 0) is 19.1 Å². The zero-order chi connectivity index (χ0) is 15.2. The summed E-state index contributed by atoms with van der Waals surface area (Å²) in [6.07, 6.45) is 0.314. The number of esters is 2. The number of rotatable bonds is 5. The molecule has 1 aromatic rings. The fourth-order valence-electron chi connectivity index (χ4n) is 2.24. The van der Waals surface area contributed by atoms with E-state index in [9.17, 15) is 9.59 Å². The summed E-state index contributed by atoms with van der Waals surface area (Å²) in [6, 6.07) is 6.56. The maximum Gasteiger partial charge on any atom is 0.341 e. The number of methoxy groups -OCH3 is 1. The zero-order valence-corrected chi connectivity index (χ0v) is 12.1. The lowest BCUT2D eigenvalue weighted by Gasteiger charge is -2.15. The van der Waals surface area contributed by atoms with E-state index in [1.54, 1.807) is 31.2 Å². The summed E-state index contributed by atoms with van der Waals surface area (Å²) < 4.78 is 15.5. The van der Waals surface area contributed by atoms with Crippen LogP contribution in [0.15, 0.2) is 24.3 Å². The predicted molar refractivity (Wildman–Crippen MR) is 75.2 cm³/mol. The van der Waals surface area contributed by atoms with Gasteiger partial charge in [0.25, 0.3) is 0 Å². The van der Waals surface area contributed by atoms with Crippen LogP contribution in [-0.4, -0.2) is 44.3 Å². The van der Waals surface area contributed by atoms with Gasteiger partial charge in [0.05, 0.1) is 13.7 Å². The fraction of sp³-hybridized carbons (Fsp3) is 0.467. The molecular weight excluding hydrogens is 274 g/mol. The van der Waals surface area contributed by atoms with Gasteiger partial charge in [0.15, 0.2) is 0 Å². The number of hydrogen-bond acceptors (Lipinski definition) is 6. The largest absolute Gasteiger partial charge is 0.488 e. The van der Waals surface area contributed by atoms with Gasteiger partial charge < -0.3 is 19.5 Å². The second kappa shape index (κ2) is 7.08. The van der Waals surface area contributed by atoms with Crippen molar-refractivity contribution in [2.45, 2.75) is 25.5 Å². The first-order valence-corrected chi connectivity index (χ1v) is 6.89. The number of benzene rings is 1. The van der Waals surface area contributed by atoms with Crippen molar-refractivity contribution in [2.75, 3.05) is 20.3 Å². The molecule has 1 aliphatic heterocycles. The molecule has 2 rings (SSSR count). The molecule has 1 N–H and O–H groups in total. The molecule has 0 aromatic heterocycles. The molecule has 0 radical (unpaired) electrons. The Kier molecular flexibility index (Phi) is 5.16. The third kappa shape index (κ3) is 3.72. The molecule has 0 unspecified atom stereocenters. The van der Waals surface area contributed by atoms with Crippen molar-refractivity contribution in [2.24, 2.45) is 0 Å². The van der Waals surface area contributed by atoms with Crippen LogP contribution in [0.4, 0.5) is 0 Å². The van der Waals surface area contributed by atoms with Crippen LogP contribution in [0.25, 0.3) is 0 Å². The Morgan fingerprint density at radius 3 is 2.81 bits per heavy atom. The molecule has 6 heteroatoms. The van der Waals surface area contributed by atoms with E-state index in [0.717, 1.165) is 0 Å². The summed E-state index contributed by atoms with van der Waals surface area (Å²) >= 11 is 0. The zero-order valence-electron chi connectivity index (χ0n) is 12.1. The normalized spacial score (nSPS) is 20.9. The summed E-state index contributed by atoms with van der Waals surface area (Å²) in [6.45, 7) is 2.59. The Bertz CT molecular complexity index is 517. The fourth-order valence-corrected chi connectivity index (χ4v) is 2.24. The van der Waals surface area contributed by atoms with Crippen molar-refractivity contribution in [1.29, 1.82) is 0 Å². The van der Waals surface area contributed by atoms with Crippen molar-refractivity contribution in [1.82, 2.24) is 5.32 Å². The molecule has 1 aliphatic rings. The average molecular weight is 293 g/mol. The second-order valence-corrected chi connectivity index (χ2v) is 4.68. The molecule has 1 heterocycles. The highest BCUT2D eigenvalue weighted by atomic mass is 16.5. The van der Waals surface area contributed by atoms with E-state index in [-0.39, 0.29) is 18.1 Å². The molecular formula is C15H19NO5. The van der Waals surface area contributed by atoms with Crippen LogP contribution in [0.3, 0.4) is 0 Å². The van der Waals surface area contributed by atoms with Crippen molar-refractivity contribution in [3.63, 3.8) is 0 Å². The Labute approximate surface area is 123 Å². The molecule has 1 saturated heterocycles. The number of carbonyl (C=O) groups excluding carboxylic acids is 2. The molecule has 0 amide bonds. The summed E-state index contributed by atoms with van der Waals surface area (Å²) in [4.78, 5) is 23.3. The molecule has 0 aliphatic carbocycles. The number of hydrogen-bond donors (Lipinski definition) is 1. The van der Waals surface area contributed by atoms with Crippen LogP contribution in [0.1, 0.15) is 23.7 Å². The molecule has 0 saturated carbocycles. The Morgan fingerprint density at radius 1 is 1.33 bits per heavy atom. The minimum Gasteiger partial charge on any atom is -0.488 e. The summed E-state index contributed by atoms with van der Waals surface area (Å²) in [7, 11) is 1.36. The lowest BCUT2D eigenvalue weighted by Crippen LogP contribution is -2.31. The van der Waals surface area contributed by atoms with Crippen LogP contribution >= 0.6 is 0 Å². The van der Waals surface area contributed by atoms with E-state index < -0.39 is 5.97 Å². The van der Waals surface area contributed by atoms with Crippen LogP contribution in [0.2, 0.25) is 0 Å². The highest BCUT2D eigenvalue weighted by molar-refractivity contribution is 5.92. The maximum atomic E-state index is 11.9. The van der Waals surface area contributed by atoms with Gasteiger partial charge in [-0.2, -0.15) is 0 Å². The maximum absolute atomic E-state index is 11.9. The first kappa shape index (κ1) is 15.3. The quantitative estimate of drug-likeness (QED) is 0.821. The predicted octanol–water partition coefficient (Wildman–Crippen LogP) is 1.15. The Balaban J connectivity index is 2.04. The summed E-state index contributed by atoms with van der Waals surface area (Å²) in [5, 5.41) is 3.04. The minimum atomic E-state index is -0.413. The van der Waals surface area contributed by atoms with Crippen LogP contribution in [0, 0.1) is 0 Å². The third-order valence-corrected chi connectivity index (χ3v) is 3.25. The van der Waals surface area contributed by atoms with Gasteiger partial charge in [0.2, 0.25) is 0 Å². The van der Waals surface area contributed by atoms with E-state index in [1.807, 2.05) is 0 Å². The van der Waals surface area contributed by atoms with E-state index in [4.69, 9.17) is 14.2 Å². The third-order valence-electron chi connectivity index (χ3n) is 3.25. The van der Waals surface area contributed by atoms with Crippen LogP contribution in [0.5, 0.6) is 5.75 Å². The monoisotopic (exact) mass is 293 g/mol. The molecule has 1 aromatic carbocycles.